The predicted octanol–water partition coefficient (Wildman–Crippen LogP) is 4.16. The van der Waals surface area contributed by atoms with Crippen LogP contribution in [0.3, 0.4) is 0 Å². The average molecular weight is 300 g/mol. The molecule has 0 aliphatic heterocycles. The van der Waals surface area contributed by atoms with Crippen molar-refractivity contribution in [1.29, 1.82) is 0 Å². The van der Waals surface area contributed by atoms with Gasteiger partial charge < -0.3 is 5.73 Å². The Morgan fingerprint density at radius 3 is 2.35 bits per heavy atom. The Kier molecular flexibility index (Phi) is 4.15. The van der Waals surface area contributed by atoms with Gasteiger partial charge in [0, 0.05) is 11.1 Å². The van der Waals surface area contributed by atoms with E-state index in [0.29, 0.717) is 22.6 Å². The molecule has 0 saturated heterocycles. The largest absolute Gasteiger partial charge is 0.443 e. The minimum Gasteiger partial charge on any atom is -0.317 e. The highest BCUT2D eigenvalue weighted by Gasteiger charge is 2.38. The molecular formula is C14H15F3N2S. The molecular weight excluding hydrogens is 285 g/mol. The van der Waals surface area contributed by atoms with Gasteiger partial charge in [-0.3, -0.25) is 0 Å². The van der Waals surface area contributed by atoms with Crippen LogP contribution in [0.15, 0.2) is 36.5 Å². The second kappa shape index (κ2) is 5.54. The molecule has 1 atom stereocenters. The molecule has 0 fully saturated rings. The molecule has 0 spiro atoms. The van der Waals surface area contributed by atoms with E-state index in [9.17, 15) is 13.2 Å². The van der Waals surface area contributed by atoms with Gasteiger partial charge in [0.25, 0.3) is 0 Å². The molecule has 0 bridgehead atoms. The Morgan fingerprint density at radius 1 is 1.20 bits per heavy atom. The summed E-state index contributed by atoms with van der Waals surface area (Å²) < 4.78 is 38.1. The average Bonchev–Trinajstić information content (AvgIpc) is 2.90. The van der Waals surface area contributed by atoms with Gasteiger partial charge in [-0.2, -0.15) is 13.2 Å². The first-order valence-corrected chi connectivity index (χ1v) is 7.07. The molecule has 6 heteroatoms. The first-order valence-electron chi connectivity index (χ1n) is 6.26. The molecule has 1 unspecified atom stereocenters. The van der Waals surface area contributed by atoms with Gasteiger partial charge in [-0.15, -0.1) is 11.3 Å². The molecule has 2 rings (SSSR count). The number of thiazole rings is 1. The molecule has 2 aromatic rings. The van der Waals surface area contributed by atoms with Gasteiger partial charge >= 0.3 is 6.18 Å². The highest BCUT2D eigenvalue weighted by Crippen LogP contribution is 2.39. The summed E-state index contributed by atoms with van der Waals surface area (Å²) in [6, 6.07) is 9.19. The topological polar surface area (TPSA) is 38.9 Å². The SMILES string of the molecule is CCCC(N)(c1ccccc1)c1cnc(C(F)(F)F)s1. The fourth-order valence-electron chi connectivity index (χ4n) is 2.15. The van der Waals surface area contributed by atoms with Crippen LogP contribution in [0.1, 0.15) is 35.2 Å². The van der Waals surface area contributed by atoms with Crippen molar-refractivity contribution in [3.05, 3.63) is 52.0 Å². The van der Waals surface area contributed by atoms with Crippen molar-refractivity contribution >= 4 is 11.3 Å². The summed E-state index contributed by atoms with van der Waals surface area (Å²) in [7, 11) is 0. The number of halogens is 3. The van der Waals surface area contributed by atoms with Crippen molar-refractivity contribution < 1.29 is 13.2 Å². The van der Waals surface area contributed by atoms with E-state index in [1.807, 2.05) is 37.3 Å². The van der Waals surface area contributed by atoms with Crippen LogP contribution in [0.4, 0.5) is 13.2 Å². The van der Waals surface area contributed by atoms with Crippen LogP contribution >= 0.6 is 11.3 Å². The molecule has 2 N–H and O–H groups in total. The maximum atomic E-state index is 12.7. The monoisotopic (exact) mass is 300 g/mol. The zero-order chi connectivity index (χ0) is 14.8. The van der Waals surface area contributed by atoms with E-state index in [0.717, 1.165) is 12.0 Å². The van der Waals surface area contributed by atoms with Gasteiger partial charge in [0.15, 0.2) is 5.01 Å². The summed E-state index contributed by atoms with van der Waals surface area (Å²) in [5.41, 5.74) is 6.30. The third-order valence-electron chi connectivity index (χ3n) is 3.12. The minimum absolute atomic E-state index is 0.442. The third kappa shape index (κ3) is 2.86. The van der Waals surface area contributed by atoms with Gasteiger partial charge in [0.05, 0.1) is 5.54 Å². The summed E-state index contributed by atoms with van der Waals surface area (Å²) >= 11 is 0.620. The Bertz CT molecular complexity index is 565. The summed E-state index contributed by atoms with van der Waals surface area (Å²) in [6.45, 7) is 1.95. The quantitative estimate of drug-likeness (QED) is 0.920. The van der Waals surface area contributed by atoms with Gasteiger partial charge in [0.1, 0.15) is 0 Å². The van der Waals surface area contributed by atoms with Crippen molar-refractivity contribution in [2.24, 2.45) is 5.73 Å². The van der Waals surface area contributed by atoms with Crippen LogP contribution in [0.5, 0.6) is 0 Å². The third-order valence-corrected chi connectivity index (χ3v) is 4.34. The number of rotatable bonds is 4. The predicted molar refractivity (Wildman–Crippen MR) is 73.4 cm³/mol. The lowest BCUT2D eigenvalue weighted by Gasteiger charge is -2.28. The Morgan fingerprint density at radius 2 is 1.85 bits per heavy atom. The number of hydrogen-bond donors (Lipinski definition) is 1. The van der Waals surface area contributed by atoms with Crippen LogP contribution in [-0.2, 0) is 11.7 Å². The summed E-state index contributed by atoms with van der Waals surface area (Å²) in [4.78, 5) is 3.92. The molecule has 108 valence electrons. The highest BCUT2D eigenvalue weighted by atomic mass is 32.1. The second-order valence-electron chi connectivity index (χ2n) is 4.61. The number of benzene rings is 1. The van der Waals surface area contributed by atoms with Crippen LogP contribution in [0.25, 0.3) is 0 Å². The van der Waals surface area contributed by atoms with Gasteiger partial charge in [-0.25, -0.2) is 4.98 Å². The fourth-order valence-corrected chi connectivity index (χ4v) is 3.09. The Balaban J connectivity index is 2.46. The Labute approximate surface area is 119 Å². The molecule has 0 amide bonds. The van der Waals surface area contributed by atoms with E-state index in [1.54, 1.807) is 0 Å². The Hall–Kier alpha value is -1.40. The van der Waals surface area contributed by atoms with Crippen LogP contribution in [0.2, 0.25) is 0 Å². The maximum absolute atomic E-state index is 12.7. The molecule has 1 heterocycles. The van der Waals surface area contributed by atoms with E-state index in [1.165, 1.54) is 6.20 Å². The number of aromatic nitrogens is 1. The summed E-state index contributed by atoms with van der Waals surface area (Å²) in [5.74, 6) is 0. The van der Waals surface area contributed by atoms with E-state index in [2.05, 4.69) is 4.98 Å². The number of nitrogens with zero attached hydrogens (tertiary/aromatic N) is 1. The van der Waals surface area contributed by atoms with E-state index in [4.69, 9.17) is 5.73 Å². The van der Waals surface area contributed by atoms with E-state index < -0.39 is 16.7 Å². The smallest absolute Gasteiger partial charge is 0.317 e. The zero-order valence-electron chi connectivity index (χ0n) is 10.9. The molecule has 0 aliphatic carbocycles. The van der Waals surface area contributed by atoms with Crippen LogP contribution in [-0.4, -0.2) is 4.98 Å². The van der Waals surface area contributed by atoms with Crippen LogP contribution in [0, 0.1) is 0 Å². The van der Waals surface area contributed by atoms with Crippen LogP contribution < -0.4 is 5.73 Å². The normalized spacial score (nSPS) is 15.1. The van der Waals surface area contributed by atoms with Gasteiger partial charge in [0.2, 0.25) is 0 Å². The number of nitrogens with two attached hydrogens (primary N) is 1. The van der Waals surface area contributed by atoms with Crippen molar-refractivity contribution in [1.82, 2.24) is 4.98 Å². The lowest BCUT2D eigenvalue weighted by Crippen LogP contribution is -2.37. The molecule has 20 heavy (non-hydrogen) atoms. The second-order valence-corrected chi connectivity index (χ2v) is 5.65. The minimum atomic E-state index is -4.42. The lowest BCUT2D eigenvalue weighted by atomic mass is 9.85. The van der Waals surface area contributed by atoms with E-state index in [-0.39, 0.29) is 0 Å². The van der Waals surface area contributed by atoms with Crippen molar-refractivity contribution in [2.75, 3.05) is 0 Å². The molecule has 2 nitrogen and oxygen atoms in total. The van der Waals surface area contributed by atoms with Crippen molar-refractivity contribution in [3.8, 4) is 0 Å². The molecule has 1 aromatic heterocycles. The first-order chi connectivity index (χ1) is 9.38. The van der Waals surface area contributed by atoms with Crippen molar-refractivity contribution in [2.45, 2.75) is 31.5 Å². The summed E-state index contributed by atoms with van der Waals surface area (Å²) in [6.07, 6.45) is -1.84. The number of hydrogen-bond acceptors (Lipinski definition) is 3. The molecule has 0 radical (unpaired) electrons. The summed E-state index contributed by atoms with van der Waals surface area (Å²) in [5, 5.41) is -0.852. The highest BCUT2D eigenvalue weighted by molar-refractivity contribution is 7.11. The van der Waals surface area contributed by atoms with E-state index >= 15 is 0 Å². The maximum Gasteiger partial charge on any atom is 0.443 e. The van der Waals surface area contributed by atoms with Crippen molar-refractivity contribution in [3.63, 3.8) is 0 Å². The lowest BCUT2D eigenvalue weighted by molar-refractivity contribution is -0.137. The molecule has 1 aromatic carbocycles. The standard InChI is InChI=1S/C14H15F3N2S/c1-2-8-13(18,10-6-4-3-5-7-10)11-9-19-12(20-11)14(15,16)17/h3-7,9H,2,8,18H2,1H3. The first kappa shape index (κ1) is 15.0. The van der Waals surface area contributed by atoms with Gasteiger partial charge in [-0.05, 0) is 12.0 Å². The zero-order valence-corrected chi connectivity index (χ0v) is 11.8. The fraction of sp³-hybridized carbons (Fsp3) is 0.357. The molecule has 0 aliphatic rings. The number of alkyl halides is 3. The molecule has 0 saturated carbocycles. The van der Waals surface area contributed by atoms with Gasteiger partial charge in [-0.1, -0.05) is 43.7 Å².